The first-order valence-electron chi connectivity index (χ1n) is 14.0. The number of amides is 2. The number of nitrogens with zero attached hydrogens (tertiary/aromatic N) is 2. The molecule has 12 heteroatoms. The monoisotopic (exact) mass is 620 g/mol. The molecule has 2 aromatic heterocycles. The highest BCUT2D eigenvalue weighted by molar-refractivity contribution is 7.92. The van der Waals surface area contributed by atoms with Gasteiger partial charge in [0.2, 0.25) is 10.0 Å². The van der Waals surface area contributed by atoms with Gasteiger partial charge in [-0.05, 0) is 60.9 Å². The molecule has 0 radical (unpaired) electrons. The molecule has 3 heterocycles. The van der Waals surface area contributed by atoms with Crippen molar-refractivity contribution in [2.24, 2.45) is 0 Å². The molecule has 2 amide bonds. The molecule has 5 aromatic rings. The summed E-state index contributed by atoms with van der Waals surface area (Å²) in [5, 5.41) is 3.68. The number of piperidine rings is 1. The number of H-pyrrole nitrogens is 1. The molecule has 9 nitrogen and oxygen atoms in total. The molecule has 2 N–H and O–H groups in total. The van der Waals surface area contributed by atoms with Gasteiger partial charge in [-0.2, -0.15) is 0 Å². The minimum atomic E-state index is -3.71. The van der Waals surface area contributed by atoms with Crippen LogP contribution in [0.1, 0.15) is 45.2 Å². The van der Waals surface area contributed by atoms with E-state index >= 15 is 0 Å². The zero-order valence-electron chi connectivity index (χ0n) is 24.3. The van der Waals surface area contributed by atoms with E-state index in [4.69, 9.17) is 4.42 Å². The number of rotatable bonds is 6. The Bertz CT molecular complexity index is 2040. The Kier molecular flexibility index (Phi) is 7.40. The Morgan fingerprint density at radius 2 is 1.84 bits per heavy atom. The summed E-state index contributed by atoms with van der Waals surface area (Å²) in [5.41, 5.74) is 2.48. The maximum Gasteiger partial charge on any atom is 0.270 e. The Morgan fingerprint density at radius 1 is 1.09 bits per heavy atom. The summed E-state index contributed by atoms with van der Waals surface area (Å²) in [7, 11) is -0.781. The van der Waals surface area contributed by atoms with Gasteiger partial charge in [-0.15, -0.1) is 0 Å². The topological polar surface area (TPSA) is 116 Å². The lowest BCUT2D eigenvalue weighted by Crippen LogP contribution is -2.39. The van der Waals surface area contributed by atoms with Gasteiger partial charge >= 0.3 is 0 Å². The van der Waals surface area contributed by atoms with E-state index in [1.165, 1.54) is 44.4 Å². The molecule has 0 bridgehead atoms. The van der Waals surface area contributed by atoms with Crippen LogP contribution in [-0.4, -0.2) is 63.6 Å². The fraction of sp³-hybridized carbons (Fsp3) is 0.250. The Labute approximate surface area is 252 Å². The highest BCUT2D eigenvalue weighted by atomic mass is 32.2. The van der Waals surface area contributed by atoms with Crippen LogP contribution >= 0.6 is 0 Å². The first-order valence-corrected chi connectivity index (χ1v) is 15.9. The second-order valence-corrected chi connectivity index (χ2v) is 13.0. The highest BCUT2D eigenvalue weighted by Gasteiger charge is 2.32. The number of nitrogens with one attached hydrogen (secondary N) is 2. The van der Waals surface area contributed by atoms with Gasteiger partial charge in [0.1, 0.15) is 28.7 Å². The zero-order valence-corrected chi connectivity index (χ0v) is 25.1. The number of aromatic nitrogens is 1. The second-order valence-electron chi connectivity index (χ2n) is 11.0. The number of fused-ring (bicyclic) bond motifs is 2. The van der Waals surface area contributed by atoms with Crippen LogP contribution in [0.5, 0.6) is 0 Å². The van der Waals surface area contributed by atoms with Crippen molar-refractivity contribution in [2.75, 3.05) is 37.7 Å². The predicted molar refractivity (Wildman–Crippen MR) is 164 cm³/mol. The van der Waals surface area contributed by atoms with Crippen molar-refractivity contribution in [1.29, 1.82) is 0 Å². The molecule has 0 aliphatic carbocycles. The lowest BCUT2D eigenvalue weighted by Gasteiger charge is -2.34. The Morgan fingerprint density at radius 3 is 2.52 bits per heavy atom. The number of hydrogen-bond donors (Lipinski definition) is 2. The maximum absolute atomic E-state index is 14.3. The van der Waals surface area contributed by atoms with Crippen molar-refractivity contribution in [3.8, 4) is 11.3 Å². The molecule has 1 aliphatic heterocycles. The number of sulfonamides is 1. The fourth-order valence-electron chi connectivity index (χ4n) is 5.90. The standard InChI is InChI=1S/C32H30F2N4O5S/c1-35-31(39)28-23-15-22(20-7-5-13-38(17-20)32(40)25-14-19-6-4-8-24(34)29(19)36-25)26(37(2)44(3,41)42)16-27(23)43-30(28)18-9-11-21(33)12-10-18/h4,6,8-12,14-16,20,36H,5,7,13,17H2,1-3H3,(H,35,39)/t20-/m1/s1. The van der Waals surface area contributed by atoms with E-state index in [0.717, 1.165) is 10.6 Å². The fourth-order valence-corrected chi connectivity index (χ4v) is 6.42. The van der Waals surface area contributed by atoms with Gasteiger partial charge in [0.15, 0.2) is 0 Å². The van der Waals surface area contributed by atoms with Gasteiger partial charge < -0.3 is 19.6 Å². The van der Waals surface area contributed by atoms with E-state index in [0.29, 0.717) is 47.0 Å². The number of hydrogen-bond acceptors (Lipinski definition) is 5. The molecule has 228 valence electrons. The number of benzene rings is 3. The maximum atomic E-state index is 14.3. The van der Waals surface area contributed by atoms with Crippen molar-refractivity contribution in [1.82, 2.24) is 15.2 Å². The van der Waals surface area contributed by atoms with Gasteiger partial charge in [0.25, 0.3) is 11.8 Å². The average molecular weight is 621 g/mol. The third kappa shape index (κ3) is 5.19. The van der Waals surface area contributed by atoms with Crippen LogP contribution in [0.4, 0.5) is 14.5 Å². The molecule has 44 heavy (non-hydrogen) atoms. The number of carbonyl (C=O) groups is 2. The molecule has 1 aliphatic rings. The van der Waals surface area contributed by atoms with E-state index < -0.39 is 27.6 Å². The average Bonchev–Trinajstić information content (AvgIpc) is 3.62. The smallest absolute Gasteiger partial charge is 0.270 e. The molecule has 1 fully saturated rings. The van der Waals surface area contributed by atoms with E-state index in [9.17, 15) is 26.8 Å². The highest BCUT2D eigenvalue weighted by Crippen LogP contribution is 2.42. The van der Waals surface area contributed by atoms with Crippen molar-refractivity contribution in [3.63, 3.8) is 0 Å². The predicted octanol–water partition coefficient (Wildman–Crippen LogP) is 5.63. The number of carbonyl (C=O) groups excluding carboxylic acids is 2. The quantitative estimate of drug-likeness (QED) is 0.255. The normalized spacial score (nSPS) is 15.6. The molecule has 0 spiro atoms. The van der Waals surface area contributed by atoms with Gasteiger partial charge in [-0.25, -0.2) is 17.2 Å². The van der Waals surface area contributed by atoms with Gasteiger partial charge in [0, 0.05) is 55.5 Å². The van der Waals surface area contributed by atoms with Crippen LogP contribution in [0.25, 0.3) is 33.2 Å². The summed E-state index contributed by atoms with van der Waals surface area (Å²) < 4.78 is 60.8. The molecular formula is C32H30F2N4O5S. The van der Waals surface area contributed by atoms with Crippen LogP contribution in [-0.2, 0) is 10.0 Å². The van der Waals surface area contributed by atoms with Crippen molar-refractivity contribution in [2.45, 2.75) is 18.8 Å². The number of furan rings is 1. The van der Waals surface area contributed by atoms with E-state index in [1.54, 1.807) is 35.2 Å². The SMILES string of the molecule is CNC(=O)c1c(-c2ccc(F)cc2)oc2cc(N(C)S(C)(=O)=O)c([C@@H]3CCCN(C(=O)c4cc5cccc(F)c5[nH]4)C3)cc12. The minimum absolute atomic E-state index is 0.218. The van der Waals surface area contributed by atoms with E-state index in [-0.39, 0.29) is 46.5 Å². The van der Waals surface area contributed by atoms with Gasteiger partial charge in [0.05, 0.1) is 23.0 Å². The number of aromatic amines is 1. The zero-order chi connectivity index (χ0) is 31.3. The van der Waals surface area contributed by atoms with Crippen LogP contribution in [0, 0.1) is 11.6 Å². The molecule has 1 atom stereocenters. The molecule has 0 unspecified atom stereocenters. The van der Waals surface area contributed by atoms with Crippen molar-refractivity contribution in [3.05, 3.63) is 89.1 Å². The van der Waals surface area contributed by atoms with Crippen LogP contribution in [0.15, 0.2) is 65.1 Å². The molecular weight excluding hydrogens is 590 g/mol. The lowest BCUT2D eigenvalue weighted by atomic mass is 9.88. The third-order valence-corrected chi connectivity index (χ3v) is 9.41. The number of anilines is 1. The number of halogens is 2. The van der Waals surface area contributed by atoms with E-state index in [1.807, 2.05) is 0 Å². The van der Waals surface area contributed by atoms with Crippen LogP contribution < -0.4 is 9.62 Å². The molecule has 0 saturated carbocycles. The Balaban J connectivity index is 1.46. The number of likely N-dealkylation sites (tertiary alicyclic amines) is 1. The summed E-state index contributed by atoms with van der Waals surface area (Å²) in [4.78, 5) is 31.3. The van der Waals surface area contributed by atoms with Crippen molar-refractivity contribution < 1.29 is 31.2 Å². The summed E-state index contributed by atoms with van der Waals surface area (Å²) in [5.74, 6) is -1.69. The summed E-state index contributed by atoms with van der Waals surface area (Å²) in [6.07, 6.45) is 2.38. The number of para-hydroxylation sites is 1. The van der Waals surface area contributed by atoms with E-state index in [2.05, 4.69) is 10.3 Å². The van der Waals surface area contributed by atoms with Crippen LogP contribution in [0.2, 0.25) is 0 Å². The molecule has 1 saturated heterocycles. The van der Waals surface area contributed by atoms with Crippen molar-refractivity contribution >= 4 is 49.4 Å². The molecule has 6 rings (SSSR count). The lowest BCUT2D eigenvalue weighted by molar-refractivity contribution is 0.0702. The van der Waals surface area contributed by atoms with Gasteiger partial charge in [-0.3, -0.25) is 13.9 Å². The second kappa shape index (κ2) is 11.1. The van der Waals surface area contributed by atoms with Crippen LogP contribution in [0.3, 0.4) is 0 Å². The molecule has 3 aromatic carbocycles. The summed E-state index contributed by atoms with van der Waals surface area (Å²) in [6.45, 7) is 0.737. The summed E-state index contributed by atoms with van der Waals surface area (Å²) in [6, 6.07) is 15.1. The van der Waals surface area contributed by atoms with Gasteiger partial charge in [-0.1, -0.05) is 12.1 Å². The Hall–Kier alpha value is -4.71. The largest absolute Gasteiger partial charge is 0.455 e. The summed E-state index contributed by atoms with van der Waals surface area (Å²) >= 11 is 0. The first-order chi connectivity index (χ1) is 21.0. The first kappa shape index (κ1) is 29.4. The third-order valence-electron chi connectivity index (χ3n) is 8.22. The minimum Gasteiger partial charge on any atom is -0.455 e.